The van der Waals surface area contributed by atoms with E-state index in [4.69, 9.17) is 9.47 Å². The van der Waals surface area contributed by atoms with Crippen molar-refractivity contribution >= 4 is 17.5 Å². The molecule has 6 nitrogen and oxygen atoms in total. The maximum absolute atomic E-state index is 13.3. The van der Waals surface area contributed by atoms with Crippen molar-refractivity contribution in [1.29, 1.82) is 0 Å². The molecule has 2 amide bonds. The van der Waals surface area contributed by atoms with Crippen LogP contribution >= 0.6 is 0 Å². The van der Waals surface area contributed by atoms with Crippen molar-refractivity contribution in [1.82, 2.24) is 5.32 Å². The number of halogens is 1. The minimum Gasteiger partial charge on any atom is -0.490 e. The maximum atomic E-state index is 13.3. The lowest BCUT2D eigenvalue weighted by atomic mass is 10.1. The van der Waals surface area contributed by atoms with Gasteiger partial charge in [-0.15, -0.1) is 0 Å². The van der Waals surface area contributed by atoms with E-state index in [1.165, 1.54) is 24.3 Å². The molecule has 0 bridgehead atoms. The first-order chi connectivity index (χ1) is 15.6. The van der Waals surface area contributed by atoms with Gasteiger partial charge in [0, 0.05) is 24.4 Å². The molecule has 0 aromatic heterocycles. The third-order valence-electron chi connectivity index (χ3n) is 4.55. The van der Waals surface area contributed by atoms with Crippen LogP contribution in [0, 0.1) is 5.82 Å². The smallest absolute Gasteiger partial charge is 0.255 e. The van der Waals surface area contributed by atoms with E-state index >= 15 is 0 Å². The van der Waals surface area contributed by atoms with Crippen molar-refractivity contribution in [2.24, 2.45) is 0 Å². The molecular formula is C25H25FN2O4. The van der Waals surface area contributed by atoms with Crippen molar-refractivity contribution in [2.45, 2.75) is 13.5 Å². The summed E-state index contributed by atoms with van der Waals surface area (Å²) < 4.78 is 24.3. The van der Waals surface area contributed by atoms with Gasteiger partial charge >= 0.3 is 0 Å². The van der Waals surface area contributed by atoms with Crippen LogP contribution in [0.15, 0.2) is 72.8 Å². The lowest BCUT2D eigenvalue weighted by molar-refractivity contribution is 0.0933. The molecule has 0 aliphatic rings. The number of carbonyl (C=O) groups is 2. The van der Waals surface area contributed by atoms with Crippen LogP contribution in [0.2, 0.25) is 0 Å². The van der Waals surface area contributed by atoms with E-state index in [0.717, 1.165) is 5.56 Å². The van der Waals surface area contributed by atoms with Gasteiger partial charge in [-0.3, -0.25) is 9.59 Å². The molecule has 7 heteroatoms. The summed E-state index contributed by atoms with van der Waals surface area (Å²) in [6.45, 7) is 3.57. The lowest BCUT2D eigenvalue weighted by Gasteiger charge is -2.12. The molecule has 0 spiro atoms. The van der Waals surface area contributed by atoms with Gasteiger partial charge in [0.15, 0.2) is 0 Å². The summed E-state index contributed by atoms with van der Waals surface area (Å²) in [6.07, 6.45) is 0. The van der Waals surface area contributed by atoms with E-state index in [9.17, 15) is 14.0 Å². The number of benzene rings is 3. The molecule has 0 unspecified atom stereocenters. The summed E-state index contributed by atoms with van der Waals surface area (Å²) in [5.74, 6) is -0.674. The first kappa shape index (κ1) is 23.0. The van der Waals surface area contributed by atoms with Gasteiger partial charge in [-0.05, 0) is 55.0 Å². The number of para-hydroxylation sites is 1. The Bertz CT molecular complexity index is 1070. The molecule has 0 radical (unpaired) electrons. The van der Waals surface area contributed by atoms with Gasteiger partial charge < -0.3 is 20.1 Å². The molecule has 3 aromatic rings. The van der Waals surface area contributed by atoms with Gasteiger partial charge in [-0.25, -0.2) is 4.39 Å². The molecule has 2 N–H and O–H groups in total. The Morgan fingerprint density at radius 3 is 2.53 bits per heavy atom. The molecule has 3 aromatic carbocycles. The predicted molar refractivity (Wildman–Crippen MR) is 120 cm³/mol. The normalized spacial score (nSPS) is 10.4. The standard InChI is InChI=1S/C25H25FN2O4/c1-2-31-13-14-32-23-12-4-3-11-22(23)25(30)27-17-18-7-5-10-21(15-18)28-24(29)19-8-6-9-20(26)16-19/h3-12,15-16H,2,13-14,17H2,1H3,(H,27,30)(H,28,29). The van der Waals surface area contributed by atoms with Crippen molar-refractivity contribution in [3.63, 3.8) is 0 Å². The Labute approximate surface area is 186 Å². The molecule has 0 saturated heterocycles. The Kier molecular flexibility index (Phi) is 8.34. The second-order valence-electron chi connectivity index (χ2n) is 6.89. The van der Waals surface area contributed by atoms with Crippen LogP contribution in [0.5, 0.6) is 5.75 Å². The number of nitrogens with one attached hydrogen (secondary N) is 2. The first-order valence-corrected chi connectivity index (χ1v) is 10.3. The summed E-state index contributed by atoms with van der Waals surface area (Å²) in [7, 11) is 0. The van der Waals surface area contributed by atoms with Crippen LogP contribution < -0.4 is 15.4 Å². The molecule has 0 fully saturated rings. The third kappa shape index (κ3) is 6.65. The monoisotopic (exact) mass is 436 g/mol. The average molecular weight is 436 g/mol. The number of carbonyl (C=O) groups excluding carboxylic acids is 2. The van der Waals surface area contributed by atoms with Crippen molar-refractivity contribution in [3.8, 4) is 5.75 Å². The predicted octanol–water partition coefficient (Wildman–Crippen LogP) is 4.42. The number of ether oxygens (including phenoxy) is 2. The zero-order chi connectivity index (χ0) is 22.8. The van der Waals surface area contributed by atoms with Gasteiger partial charge in [0.25, 0.3) is 11.8 Å². The van der Waals surface area contributed by atoms with E-state index in [-0.39, 0.29) is 18.0 Å². The van der Waals surface area contributed by atoms with Crippen LogP contribution in [-0.4, -0.2) is 31.6 Å². The second-order valence-corrected chi connectivity index (χ2v) is 6.89. The van der Waals surface area contributed by atoms with Crippen molar-refractivity contribution < 1.29 is 23.5 Å². The summed E-state index contributed by atoms with van der Waals surface area (Å²) in [5, 5.41) is 5.60. The SMILES string of the molecule is CCOCCOc1ccccc1C(=O)NCc1cccc(NC(=O)c2cccc(F)c2)c1. The van der Waals surface area contributed by atoms with Crippen LogP contribution in [-0.2, 0) is 11.3 Å². The fraction of sp³-hybridized carbons (Fsp3) is 0.200. The third-order valence-corrected chi connectivity index (χ3v) is 4.55. The van der Waals surface area contributed by atoms with E-state index in [0.29, 0.717) is 36.8 Å². The minimum atomic E-state index is -0.476. The van der Waals surface area contributed by atoms with Crippen LogP contribution in [0.25, 0.3) is 0 Å². The van der Waals surface area contributed by atoms with Gasteiger partial charge in [0.05, 0.1) is 12.2 Å². The van der Waals surface area contributed by atoms with E-state index in [1.807, 2.05) is 13.0 Å². The highest BCUT2D eigenvalue weighted by atomic mass is 19.1. The van der Waals surface area contributed by atoms with Crippen LogP contribution in [0.1, 0.15) is 33.2 Å². The Balaban J connectivity index is 1.59. The van der Waals surface area contributed by atoms with Crippen molar-refractivity contribution in [2.75, 3.05) is 25.1 Å². The molecular weight excluding hydrogens is 411 g/mol. The molecule has 32 heavy (non-hydrogen) atoms. The lowest BCUT2D eigenvalue weighted by Crippen LogP contribution is -2.24. The molecule has 0 aliphatic carbocycles. The Morgan fingerprint density at radius 2 is 1.72 bits per heavy atom. The Morgan fingerprint density at radius 1 is 0.906 bits per heavy atom. The number of hydrogen-bond donors (Lipinski definition) is 2. The number of hydrogen-bond acceptors (Lipinski definition) is 4. The molecule has 0 saturated carbocycles. The highest BCUT2D eigenvalue weighted by Crippen LogP contribution is 2.18. The van der Waals surface area contributed by atoms with Crippen molar-refractivity contribution in [3.05, 3.63) is 95.3 Å². The summed E-state index contributed by atoms with van der Waals surface area (Å²) >= 11 is 0. The largest absolute Gasteiger partial charge is 0.490 e. The van der Waals surface area contributed by atoms with Gasteiger partial charge in [-0.1, -0.05) is 30.3 Å². The maximum Gasteiger partial charge on any atom is 0.255 e. The zero-order valence-corrected chi connectivity index (χ0v) is 17.8. The summed E-state index contributed by atoms with van der Waals surface area (Å²) in [5.41, 5.74) is 2.00. The quantitative estimate of drug-likeness (QED) is 0.461. The fourth-order valence-corrected chi connectivity index (χ4v) is 3.00. The van der Waals surface area contributed by atoms with Gasteiger partial charge in [0.2, 0.25) is 0 Å². The number of anilines is 1. The Hall–Kier alpha value is -3.71. The highest BCUT2D eigenvalue weighted by Gasteiger charge is 2.12. The molecule has 3 rings (SSSR count). The molecule has 0 heterocycles. The fourth-order valence-electron chi connectivity index (χ4n) is 3.00. The number of rotatable bonds is 10. The topological polar surface area (TPSA) is 76.7 Å². The summed E-state index contributed by atoms with van der Waals surface area (Å²) in [6, 6.07) is 19.6. The van der Waals surface area contributed by atoms with E-state index < -0.39 is 11.7 Å². The van der Waals surface area contributed by atoms with E-state index in [2.05, 4.69) is 10.6 Å². The molecule has 0 aliphatic heterocycles. The molecule has 166 valence electrons. The van der Waals surface area contributed by atoms with E-state index in [1.54, 1.807) is 42.5 Å². The number of amides is 2. The average Bonchev–Trinajstić information content (AvgIpc) is 2.81. The van der Waals surface area contributed by atoms with Crippen LogP contribution in [0.3, 0.4) is 0 Å². The minimum absolute atomic E-state index is 0.227. The summed E-state index contributed by atoms with van der Waals surface area (Å²) in [4.78, 5) is 25.0. The second kappa shape index (κ2) is 11.6. The van der Waals surface area contributed by atoms with Gasteiger partial charge in [0.1, 0.15) is 18.2 Å². The molecule has 0 atom stereocenters. The zero-order valence-electron chi connectivity index (χ0n) is 17.8. The first-order valence-electron chi connectivity index (χ1n) is 10.3. The van der Waals surface area contributed by atoms with Crippen LogP contribution in [0.4, 0.5) is 10.1 Å². The van der Waals surface area contributed by atoms with Gasteiger partial charge in [-0.2, -0.15) is 0 Å². The highest BCUT2D eigenvalue weighted by molar-refractivity contribution is 6.04.